The van der Waals surface area contributed by atoms with Crippen molar-refractivity contribution in [3.63, 3.8) is 0 Å². The number of nitrogens with one attached hydrogen (secondary N) is 1. The molecule has 0 spiro atoms. The molecule has 1 N–H and O–H groups in total. The van der Waals surface area contributed by atoms with Crippen LogP contribution in [-0.4, -0.2) is 42.1 Å². The number of benzene rings is 4. The molecule has 4 aromatic carbocycles. The van der Waals surface area contributed by atoms with Crippen molar-refractivity contribution in [1.29, 1.82) is 0 Å². The highest BCUT2D eigenvalue weighted by atomic mass is 79.9. The largest absolute Gasteiger partial charge is 0.496 e. The summed E-state index contributed by atoms with van der Waals surface area (Å²) in [5.41, 5.74) is 1.66. The number of hydrogen-bond donors (Lipinski definition) is 1. The Kier molecular flexibility index (Phi) is 9.48. The second-order valence-corrected chi connectivity index (χ2v) is 11.6. The van der Waals surface area contributed by atoms with Crippen LogP contribution < -0.4 is 25.1 Å². The molecule has 0 aliphatic heterocycles. The van der Waals surface area contributed by atoms with Gasteiger partial charge in [0.1, 0.15) is 16.4 Å². The quantitative estimate of drug-likeness (QED) is 0.141. The zero-order valence-corrected chi connectivity index (χ0v) is 28.0. The highest BCUT2D eigenvalue weighted by Crippen LogP contribution is 2.42. The number of nitrogens with zero attached hydrogens (tertiary/aromatic N) is 3. The molecule has 0 saturated heterocycles. The average molecular weight is 736 g/mol. The Morgan fingerprint density at radius 2 is 1.81 bits per heavy atom. The number of furan rings is 1. The molecule has 238 valence electrons. The summed E-state index contributed by atoms with van der Waals surface area (Å²) in [4.78, 5) is 31.1. The fraction of sp³-hybridized carbons (Fsp3) is 0.118. The van der Waals surface area contributed by atoms with Gasteiger partial charge in [0.05, 0.1) is 36.2 Å². The molecule has 0 fully saturated rings. The van der Waals surface area contributed by atoms with E-state index in [2.05, 4.69) is 26.3 Å². The van der Waals surface area contributed by atoms with E-state index in [0.717, 1.165) is 5.39 Å². The third-order valence-electron chi connectivity index (χ3n) is 6.96. The van der Waals surface area contributed by atoms with Crippen molar-refractivity contribution in [3.05, 3.63) is 109 Å². The lowest BCUT2D eigenvalue weighted by Crippen LogP contribution is -2.21. The van der Waals surface area contributed by atoms with Crippen LogP contribution in [0.25, 0.3) is 33.5 Å². The van der Waals surface area contributed by atoms with Crippen molar-refractivity contribution in [1.82, 2.24) is 9.66 Å². The molecule has 0 atom stereocenters. The minimum Gasteiger partial charge on any atom is -0.496 e. The van der Waals surface area contributed by atoms with Crippen LogP contribution in [0.3, 0.4) is 0 Å². The van der Waals surface area contributed by atoms with Gasteiger partial charge in [-0.05, 0) is 83.5 Å². The molecule has 0 aliphatic rings. The Morgan fingerprint density at radius 1 is 1.02 bits per heavy atom. The maximum Gasteiger partial charge on any atom is 0.282 e. The summed E-state index contributed by atoms with van der Waals surface area (Å²) in [6.07, 6.45) is 1.44. The molecule has 47 heavy (non-hydrogen) atoms. The average Bonchev–Trinajstić information content (AvgIpc) is 3.52. The first-order valence-corrected chi connectivity index (χ1v) is 15.8. The van der Waals surface area contributed by atoms with Gasteiger partial charge in [0, 0.05) is 20.7 Å². The van der Waals surface area contributed by atoms with Crippen LogP contribution in [0.1, 0.15) is 12.5 Å². The number of amides is 1. The number of halogens is 3. The molecule has 0 bridgehead atoms. The maximum absolute atomic E-state index is 13.8. The number of carbonyl (C=O) groups excluding carboxylic acids is 1. The molecular weight excluding hydrogens is 711 g/mol. The van der Waals surface area contributed by atoms with E-state index in [4.69, 9.17) is 46.8 Å². The van der Waals surface area contributed by atoms with Crippen LogP contribution in [0.4, 0.5) is 5.69 Å². The second-order valence-electron chi connectivity index (χ2n) is 9.99. The Bertz CT molecular complexity index is 2220. The molecular formula is C34H25BrCl2N4O6. The van der Waals surface area contributed by atoms with E-state index in [-0.39, 0.29) is 35.6 Å². The van der Waals surface area contributed by atoms with Crippen LogP contribution in [0.2, 0.25) is 10.0 Å². The van der Waals surface area contributed by atoms with Crippen LogP contribution in [-0.2, 0) is 4.79 Å². The molecule has 1 amide bonds. The van der Waals surface area contributed by atoms with Gasteiger partial charge in [-0.15, -0.1) is 0 Å². The number of rotatable bonds is 10. The third kappa shape index (κ3) is 6.69. The number of ether oxygens (including phenoxy) is 3. The standard InChI is InChI=1S/C34H25BrCl2N4O6/c1-3-45-27-15-19(30(35)31(37)32(27)46-18-29(42)39-21-13-11-20(36)12-14-21)17-38-41-33(40-24-8-5-4-7-22(24)34(41)43)28-16-23-25(44-2)9-6-10-26(23)47-28/h4-17H,3,18H2,1-2H3,(H,39,42). The molecule has 0 aliphatic carbocycles. The molecule has 0 unspecified atom stereocenters. The predicted molar refractivity (Wildman–Crippen MR) is 187 cm³/mol. The van der Waals surface area contributed by atoms with Gasteiger partial charge in [-0.1, -0.05) is 41.4 Å². The summed E-state index contributed by atoms with van der Waals surface area (Å²) in [5, 5.41) is 9.06. The SMILES string of the molecule is CCOc1cc(C=Nn2c(-c3cc4c(OC)cccc4o3)nc3ccccc3c2=O)c(Br)c(Cl)c1OCC(=O)Nc1ccc(Cl)cc1. The normalized spacial score (nSPS) is 11.3. The van der Waals surface area contributed by atoms with Gasteiger partial charge in [0.25, 0.3) is 11.5 Å². The van der Waals surface area contributed by atoms with Crippen LogP contribution in [0.5, 0.6) is 17.2 Å². The number of fused-ring (bicyclic) bond motifs is 2. The van der Waals surface area contributed by atoms with Crippen LogP contribution in [0, 0.1) is 0 Å². The summed E-state index contributed by atoms with van der Waals surface area (Å²) in [5.74, 6) is 1.13. The first kappa shape index (κ1) is 32.1. The maximum atomic E-state index is 13.8. The van der Waals surface area contributed by atoms with Gasteiger partial charge < -0.3 is 23.9 Å². The lowest BCUT2D eigenvalue weighted by molar-refractivity contribution is -0.118. The minimum absolute atomic E-state index is 0.144. The Morgan fingerprint density at radius 3 is 2.57 bits per heavy atom. The summed E-state index contributed by atoms with van der Waals surface area (Å²) in [6, 6.07) is 22.5. The summed E-state index contributed by atoms with van der Waals surface area (Å²) in [6.45, 7) is 1.75. The summed E-state index contributed by atoms with van der Waals surface area (Å²) in [7, 11) is 1.57. The first-order chi connectivity index (χ1) is 22.8. The van der Waals surface area contributed by atoms with Gasteiger partial charge in [0.15, 0.2) is 23.9 Å². The molecule has 2 aromatic heterocycles. The molecule has 13 heteroatoms. The summed E-state index contributed by atoms with van der Waals surface area (Å²) < 4.78 is 24.8. The predicted octanol–water partition coefficient (Wildman–Crippen LogP) is 8.19. The van der Waals surface area contributed by atoms with Crippen molar-refractivity contribution in [2.45, 2.75) is 6.92 Å². The topological polar surface area (TPSA) is 117 Å². The van der Waals surface area contributed by atoms with Gasteiger partial charge in [-0.2, -0.15) is 9.78 Å². The number of carbonyl (C=O) groups is 1. The van der Waals surface area contributed by atoms with E-state index in [0.29, 0.717) is 48.7 Å². The van der Waals surface area contributed by atoms with Crippen molar-refractivity contribution in [2.75, 3.05) is 25.6 Å². The number of methoxy groups -OCH3 is 1. The fourth-order valence-electron chi connectivity index (χ4n) is 4.80. The number of aromatic nitrogens is 2. The zero-order chi connectivity index (χ0) is 33.1. The lowest BCUT2D eigenvalue weighted by Gasteiger charge is -2.16. The molecule has 6 rings (SSSR count). The molecule has 10 nitrogen and oxygen atoms in total. The van der Waals surface area contributed by atoms with Gasteiger partial charge in [-0.3, -0.25) is 9.59 Å². The monoisotopic (exact) mass is 734 g/mol. The van der Waals surface area contributed by atoms with Crippen LogP contribution >= 0.6 is 39.1 Å². The molecule has 0 saturated carbocycles. The molecule has 0 radical (unpaired) electrons. The highest BCUT2D eigenvalue weighted by molar-refractivity contribution is 9.10. The van der Waals surface area contributed by atoms with Gasteiger partial charge in [-0.25, -0.2) is 4.98 Å². The highest BCUT2D eigenvalue weighted by Gasteiger charge is 2.21. The van der Waals surface area contributed by atoms with Crippen LogP contribution in [0.15, 0.2) is 97.6 Å². The minimum atomic E-state index is -0.411. The van der Waals surface area contributed by atoms with E-state index >= 15 is 0 Å². The van der Waals surface area contributed by atoms with Crippen molar-refractivity contribution in [3.8, 4) is 28.8 Å². The number of para-hydroxylation sites is 1. The fourth-order valence-corrected chi connectivity index (χ4v) is 5.58. The van der Waals surface area contributed by atoms with E-state index in [9.17, 15) is 9.59 Å². The van der Waals surface area contributed by atoms with Crippen molar-refractivity contribution < 1.29 is 23.4 Å². The smallest absolute Gasteiger partial charge is 0.282 e. The van der Waals surface area contributed by atoms with Gasteiger partial charge >= 0.3 is 0 Å². The van der Waals surface area contributed by atoms with Crippen molar-refractivity contribution in [2.24, 2.45) is 5.10 Å². The van der Waals surface area contributed by atoms with Crippen molar-refractivity contribution >= 4 is 78.8 Å². The second kappa shape index (κ2) is 13.9. The Labute approximate surface area is 286 Å². The van der Waals surface area contributed by atoms with Gasteiger partial charge in [0.2, 0.25) is 5.82 Å². The van der Waals surface area contributed by atoms with E-state index in [1.54, 1.807) is 80.8 Å². The van der Waals surface area contributed by atoms with E-state index in [1.165, 1.54) is 10.9 Å². The molecule has 6 aromatic rings. The number of anilines is 1. The first-order valence-electron chi connectivity index (χ1n) is 14.2. The third-order valence-corrected chi connectivity index (χ3v) is 8.65. The zero-order valence-electron chi connectivity index (χ0n) is 24.9. The Balaban J connectivity index is 1.37. The number of hydrogen-bond acceptors (Lipinski definition) is 8. The Hall–Kier alpha value is -4.84. The van der Waals surface area contributed by atoms with E-state index in [1.807, 2.05) is 12.1 Å². The summed E-state index contributed by atoms with van der Waals surface area (Å²) >= 11 is 16.2. The van der Waals surface area contributed by atoms with E-state index < -0.39 is 11.5 Å². The lowest BCUT2D eigenvalue weighted by atomic mass is 10.2. The molecule has 2 heterocycles.